The molecule has 0 unspecified atom stereocenters. The zero-order valence-corrected chi connectivity index (χ0v) is 8.28. The van der Waals surface area contributed by atoms with E-state index in [9.17, 15) is 9.59 Å². The highest BCUT2D eigenvalue weighted by Crippen LogP contribution is 2.34. The van der Waals surface area contributed by atoms with Gasteiger partial charge in [-0.05, 0) is 12.8 Å². The number of hydrogen-bond acceptors (Lipinski definition) is 3. The molecule has 1 aromatic heterocycles. The number of rotatable bonds is 3. The third-order valence-electron chi connectivity index (χ3n) is 2.92. The van der Waals surface area contributed by atoms with Gasteiger partial charge in [-0.3, -0.25) is 4.79 Å². The van der Waals surface area contributed by atoms with Crippen molar-refractivity contribution >= 4 is 5.97 Å². The van der Waals surface area contributed by atoms with Crippen LogP contribution in [0.15, 0.2) is 9.32 Å². The molecule has 0 amide bonds. The Bertz CT molecular complexity index is 411. The van der Waals surface area contributed by atoms with Crippen LogP contribution < -0.4 is 5.63 Å². The number of carboxylic acid groups (broad SMARTS) is 1. The van der Waals surface area contributed by atoms with Crippen molar-refractivity contribution in [3.63, 3.8) is 0 Å². The second kappa shape index (κ2) is 3.92. The SMILES string of the molecule is O=C(O)Cc1c(C2CCCC2)[nH]oc1=O. The summed E-state index contributed by atoms with van der Waals surface area (Å²) in [5.74, 6) is -0.730. The van der Waals surface area contributed by atoms with Crippen LogP contribution in [0.25, 0.3) is 0 Å². The summed E-state index contributed by atoms with van der Waals surface area (Å²) in [4.78, 5) is 21.9. The average molecular weight is 211 g/mol. The van der Waals surface area contributed by atoms with Crippen LogP contribution in [0, 0.1) is 0 Å². The molecule has 2 rings (SSSR count). The van der Waals surface area contributed by atoms with Crippen molar-refractivity contribution in [2.75, 3.05) is 0 Å². The van der Waals surface area contributed by atoms with E-state index >= 15 is 0 Å². The summed E-state index contributed by atoms with van der Waals surface area (Å²) in [5, 5.41) is 11.3. The van der Waals surface area contributed by atoms with Crippen molar-refractivity contribution in [3.8, 4) is 0 Å². The van der Waals surface area contributed by atoms with Crippen LogP contribution >= 0.6 is 0 Å². The summed E-state index contributed by atoms with van der Waals surface area (Å²) in [6, 6.07) is 0. The van der Waals surface area contributed by atoms with Crippen molar-refractivity contribution in [1.82, 2.24) is 5.16 Å². The average Bonchev–Trinajstić information content (AvgIpc) is 2.76. The minimum Gasteiger partial charge on any atom is -0.481 e. The Morgan fingerprint density at radius 1 is 1.47 bits per heavy atom. The molecule has 2 N–H and O–H groups in total. The topological polar surface area (TPSA) is 83.3 Å². The van der Waals surface area contributed by atoms with E-state index < -0.39 is 11.6 Å². The van der Waals surface area contributed by atoms with Crippen LogP contribution in [0.2, 0.25) is 0 Å². The van der Waals surface area contributed by atoms with Gasteiger partial charge in [-0.15, -0.1) is 0 Å². The first-order valence-corrected chi connectivity index (χ1v) is 5.10. The van der Waals surface area contributed by atoms with Gasteiger partial charge < -0.3 is 9.63 Å². The number of H-pyrrole nitrogens is 1. The maximum absolute atomic E-state index is 11.3. The Morgan fingerprint density at radius 3 is 2.73 bits per heavy atom. The van der Waals surface area contributed by atoms with Gasteiger partial charge in [0.05, 0.1) is 17.7 Å². The predicted molar refractivity (Wildman–Crippen MR) is 51.9 cm³/mol. The van der Waals surface area contributed by atoms with E-state index in [1.54, 1.807) is 0 Å². The van der Waals surface area contributed by atoms with Crippen LogP contribution in [0.5, 0.6) is 0 Å². The molecule has 5 nitrogen and oxygen atoms in total. The minimum absolute atomic E-state index is 0.252. The predicted octanol–water partition coefficient (Wildman–Crippen LogP) is 1.25. The number of carboxylic acids is 1. The number of hydrogen-bond donors (Lipinski definition) is 2. The Labute approximate surface area is 86.1 Å². The van der Waals surface area contributed by atoms with Gasteiger partial charge in [0.25, 0.3) is 0 Å². The molecule has 5 heteroatoms. The number of carbonyl (C=O) groups is 1. The van der Waals surface area contributed by atoms with Crippen molar-refractivity contribution in [1.29, 1.82) is 0 Å². The summed E-state index contributed by atoms with van der Waals surface area (Å²) in [6.07, 6.45) is 4.01. The van der Waals surface area contributed by atoms with E-state index in [1.165, 1.54) is 0 Å². The van der Waals surface area contributed by atoms with Crippen LogP contribution in [-0.4, -0.2) is 16.2 Å². The summed E-state index contributed by atoms with van der Waals surface area (Å²) in [7, 11) is 0. The molecule has 15 heavy (non-hydrogen) atoms. The number of aromatic amines is 1. The zero-order valence-electron chi connectivity index (χ0n) is 8.28. The summed E-state index contributed by atoms with van der Waals surface area (Å²) in [5.41, 5.74) is 0.439. The van der Waals surface area contributed by atoms with Crippen molar-refractivity contribution in [2.24, 2.45) is 0 Å². The van der Waals surface area contributed by atoms with Gasteiger partial charge in [-0.1, -0.05) is 12.8 Å². The largest absolute Gasteiger partial charge is 0.481 e. The normalized spacial score (nSPS) is 17.1. The fourth-order valence-electron chi connectivity index (χ4n) is 2.20. The van der Waals surface area contributed by atoms with Crippen molar-refractivity contribution < 1.29 is 14.4 Å². The van der Waals surface area contributed by atoms with Gasteiger partial charge in [-0.2, -0.15) is 0 Å². The van der Waals surface area contributed by atoms with E-state index in [2.05, 4.69) is 9.68 Å². The summed E-state index contributed by atoms with van der Waals surface area (Å²) in [6.45, 7) is 0. The first kappa shape index (κ1) is 10.0. The van der Waals surface area contributed by atoms with Gasteiger partial charge in [0, 0.05) is 5.92 Å². The van der Waals surface area contributed by atoms with Crippen LogP contribution in [0.4, 0.5) is 0 Å². The highest BCUT2D eigenvalue weighted by molar-refractivity contribution is 5.70. The molecule has 1 aromatic rings. The van der Waals surface area contributed by atoms with Gasteiger partial charge >= 0.3 is 11.6 Å². The van der Waals surface area contributed by atoms with E-state index in [0.717, 1.165) is 25.7 Å². The zero-order chi connectivity index (χ0) is 10.8. The second-order valence-electron chi connectivity index (χ2n) is 3.94. The highest BCUT2D eigenvalue weighted by Gasteiger charge is 2.25. The third kappa shape index (κ3) is 1.95. The smallest absolute Gasteiger partial charge is 0.361 e. The minimum atomic E-state index is -0.999. The lowest BCUT2D eigenvalue weighted by atomic mass is 9.99. The maximum Gasteiger partial charge on any atom is 0.361 e. The summed E-state index contributed by atoms with van der Waals surface area (Å²) < 4.78 is 4.67. The molecule has 1 aliphatic carbocycles. The molecule has 0 bridgehead atoms. The lowest BCUT2D eigenvalue weighted by molar-refractivity contribution is -0.136. The fourth-order valence-corrected chi connectivity index (χ4v) is 2.20. The number of aromatic nitrogens is 1. The first-order chi connectivity index (χ1) is 7.18. The Balaban J connectivity index is 2.30. The fraction of sp³-hybridized carbons (Fsp3) is 0.600. The molecule has 0 saturated heterocycles. The Hall–Kier alpha value is -1.52. The molecule has 1 saturated carbocycles. The third-order valence-corrected chi connectivity index (χ3v) is 2.92. The molecule has 1 heterocycles. The van der Waals surface area contributed by atoms with Crippen LogP contribution in [0.1, 0.15) is 42.9 Å². The van der Waals surface area contributed by atoms with Crippen molar-refractivity contribution in [2.45, 2.75) is 38.0 Å². The molecule has 1 fully saturated rings. The summed E-state index contributed by atoms with van der Waals surface area (Å²) >= 11 is 0. The van der Waals surface area contributed by atoms with Gasteiger partial charge in [0.2, 0.25) is 0 Å². The van der Waals surface area contributed by atoms with Crippen LogP contribution in [0.3, 0.4) is 0 Å². The molecule has 82 valence electrons. The number of aliphatic carboxylic acids is 1. The molecule has 1 aliphatic rings. The van der Waals surface area contributed by atoms with E-state index in [4.69, 9.17) is 5.11 Å². The van der Waals surface area contributed by atoms with Crippen molar-refractivity contribution in [3.05, 3.63) is 21.7 Å². The molecular weight excluding hydrogens is 198 g/mol. The van der Waals surface area contributed by atoms with Gasteiger partial charge in [0.15, 0.2) is 0 Å². The second-order valence-corrected chi connectivity index (χ2v) is 3.94. The standard InChI is InChI=1S/C10H13NO4/c12-8(13)5-7-9(11-15-10(7)14)6-3-1-2-4-6/h6,11H,1-5H2,(H,12,13). The molecule has 0 atom stereocenters. The molecular formula is C10H13NO4. The molecule has 0 radical (unpaired) electrons. The molecule has 0 aromatic carbocycles. The van der Waals surface area contributed by atoms with E-state index in [-0.39, 0.29) is 17.9 Å². The molecule has 0 aliphatic heterocycles. The lowest BCUT2D eigenvalue weighted by Crippen LogP contribution is -2.12. The van der Waals surface area contributed by atoms with E-state index in [0.29, 0.717) is 5.69 Å². The number of nitrogens with one attached hydrogen (secondary N) is 1. The first-order valence-electron chi connectivity index (χ1n) is 5.10. The molecule has 0 spiro atoms. The lowest BCUT2D eigenvalue weighted by Gasteiger charge is -2.06. The van der Waals surface area contributed by atoms with Gasteiger partial charge in [-0.25, -0.2) is 9.95 Å². The van der Waals surface area contributed by atoms with Gasteiger partial charge in [0.1, 0.15) is 0 Å². The highest BCUT2D eigenvalue weighted by atomic mass is 16.5. The quantitative estimate of drug-likeness (QED) is 0.788. The Kier molecular flexibility index (Phi) is 2.62. The monoisotopic (exact) mass is 211 g/mol. The Morgan fingerprint density at radius 2 is 2.13 bits per heavy atom. The maximum atomic E-state index is 11.3. The van der Waals surface area contributed by atoms with Crippen LogP contribution in [-0.2, 0) is 11.2 Å². The van der Waals surface area contributed by atoms with E-state index in [1.807, 2.05) is 0 Å².